The zero-order chi connectivity index (χ0) is 12.9. The third-order valence-electron chi connectivity index (χ3n) is 3.55. The van der Waals surface area contributed by atoms with Gasteiger partial charge in [-0.3, -0.25) is 4.98 Å². The van der Waals surface area contributed by atoms with E-state index < -0.39 is 0 Å². The first-order valence-corrected chi connectivity index (χ1v) is 7.72. The van der Waals surface area contributed by atoms with Gasteiger partial charge in [0, 0.05) is 36.4 Å². The van der Waals surface area contributed by atoms with Crippen molar-refractivity contribution in [3.05, 3.63) is 46.4 Å². The molecule has 0 amide bonds. The number of rotatable bonds is 6. The van der Waals surface area contributed by atoms with Gasteiger partial charge in [-0.25, -0.2) is 0 Å². The van der Waals surface area contributed by atoms with E-state index in [9.17, 15) is 0 Å². The number of hydrogen-bond acceptors (Lipinski definition) is 4. The van der Waals surface area contributed by atoms with Crippen molar-refractivity contribution in [3.8, 4) is 0 Å². The Hall–Kier alpha value is -1.39. The summed E-state index contributed by atoms with van der Waals surface area (Å²) in [6.07, 6.45) is 4.33. The fourth-order valence-electron chi connectivity index (χ4n) is 2.57. The highest BCUT2D eigenvalue weighted by Crippen LogP contribution is 2.27. The molecule has 0 fully saturated rings. The lowest BCUT2D eigenvalue weighted by Gasteiger charge is -2.19. The van der Waals surface area contributed by atoms with Crippen molar-refractivity contribution in [2.45, 2.75) is 19.4 Å². The summed E-state index contributed by atoms with van der Waals surface area (Å²) < 4.78 is 0. The molecule has 19 heavy (non-hydrogen) atoms. The van der Waals surface area contributed by atoms with E-state index in [4.69, 9.17) is 0 Å². The summed E-state index contributed by atoms with van der Waals surface area (Å²) >= 11 is 1.71. The van der Waals surface area contributed by atoms with Crippen LogP contribution < -0.4 is 10.2 Å². The van der Waals surface area contributed by atoms with E-state index >= 15 is 0 Å². The molecular weight excluding hydrogens is 254 g/mol. The van der Waals surface area contributed by atoms with Gasteiger partial charge in [0.25, 0.3) is 0 Å². The van der Waals surface area contributed by atoms with Gasteiger partial charge >= 0.3 is 0 Å². The predicted molar refractivity (Wildman–Crippen MR) is 80.8 cm³/mol. The average Bonchev–Trinajstić information content (AvgIpc) is 3.08. The lowest BCUT2D eigenvalue weighted by molar-refractivity contribution is 0.642. The summed E-state index contributed by atoms with van der Waals surface area (Å²) in [5.74, 6) is 0. The number of aromatic nitrogens is 1. The molecule has 1 N–H and O–H groups in total. The highest BCUT2D eigenvalue weighted by atomic mass is 32.1. The second kappa shape index (κ2) is 6.17. The second-order valence-corrected chi connectivity index (χ2v) is 5.83. The first kappa shape index (κ1) is 12.6. The van der Waals surface area contributed by atoms with Gasteiger partial charge in [-0.05, 0) is 31.0 Å². The Morgan fingerprint density at radius 2 is 2.26 bits per heavy atom. The molecule has 100 valence electrons. The maximum absolute atomic E-state index is 4.08. The van der Waals surface area contributed by atoms with Crippen molar-refractivity contribution in [3.63, 3.8) is 0 Å². The Balaban J connectivity index is 1.39. The second-order valence-electron chi connectivity index (χ2n) is 4.86. The first-order chi connectivity index (χ1) is 9.43. The van der Waals surface area contributed by atoms with E-state index in [0.29, 0.717) is 0 Å². The number of thiazole rings is 1. The fraction of sp³-hybridized carbons (Fsp3) is 0.400. The molecule has 3 rings (SSSR count). The van der Waals surface area contributed by atoms with Crippen LogP contribution in [0, 0.1) is 0 Å². The van der Waals surface area contributed by atoms with Crippen LogP contribution in [-0.4, -0.2) is 24.6 Å². The minimum atomic E-state index is 0.946. The van der Waals surface area contributed by atoms with Crippen molar-refractivity contribution in [1.29, 1.82) is 0 Å². The first-order valence-electron chi connectivity index (χ1n) is 6.84. The molecule has 1 aromatic carbocycles. The van der Waals surface area contributed by atoms with Crippen LogP contribution in [0.15, 0.2) is 36.0 Å². The van der Waals surface area contributed by atoms with Gasteiger partial charge < -0.3 is 10.2 Å². The average molecular weight is 273 g/mol. The molecule has 0 radical (unpaired) electrons. The highest BCUT2D eigenvalue weighted by Gasteiger charge is 2.16. The lowest BCUT2D eigenvalue weighted by Crippen LogP contribution is -2.25. The van der Waals surface area contributed by atoms with Crippen molar-refractivity contribution < 1.29 is 0 Å². The minimum Gasteiger partial charge on any atom is -0.371 e. The molecule has 4 heteroatoms. The van der Waals surface area contributed by atoms with Crippen LogP contribution in [-0.2, 0) is 13.0 Å². The van der Waals surface area contributed by atoms with Crippen LogP contribution in [0.4, 0.5) is 5.69 Å². The largest absolute Gasteiger partial charge is 0.371 e. The van der Waals surface area contributed by atoms with E-state index in [1.807, 2.05) is 11.7 Å². The maximum atomic E-state index is 4.08. The zero-order valence-corrected chi connectivity index (χ0v) is 11.8. The molecule has 0 atom stereocenters. The summed E-state index contributed by atoms with van der Waals surface area (Å²) in [7, 11) is 0. The normalized spacial score (nSPS) is 13.8. The number of nitrogens with one attached hydrogen (secondary N) is 1. The smallest absolute Gasteiger partial charge is 0.0794 e. The van der Waals surface area contributed by atoms with Crippen molar-refractivity contribution >= 4 is 17.0 Å². The predicted octanol–water partition coefficient (Wildman–Crippen LogP) is 2.69. The monoisotopic (exact) mass is 273 g/mol. The Labute approximate surface area is 118 Å². The molecule has 1 aliphatic rings. The Morgan fingerprint density at radius 3 is 3.16 bits per heavy atom. The number of anilines is 1. The molecule has 0 aliphatic carbocycles. The van der Waals surface area contributed by atoms with Crippen LogP contribution in [0.1, 0.15) is 16.9 Å². The fourth-order valence-corrected chi connectivity index (χ4v) is 3.14. The van der Waals surface area contributed by atoms with Gasteiger partial charge in [0.15, 0.2) is 0 Å². The Kier molecular flexibility index (Phi) is 4.10. The lowest BCUT2D eigenvalue weighted by atomic mass is 10.2. The molecular formula is C15H19N3S. The summed E-state index contributed by atoms with van der Waals surface area (Å²) in [6, 6.07) is 8.77. The van der Waals surface area contributed by atoms with Crippen molar-refractivity contribution in [2.24, 2.45) is 0 Å². The van der Waals surface area contributed by atoms with Crippen molar-refractivity contribution in [1.82, 2.24) is 10.3 Å². The molecule has 0 spiro atoms. The SMILES string of the molecule is c1ccc2c(c1)CCN2CCCNCc1cncs1. The summed E-state index contributed by atoms with van der Waals surface area (Å²) in [5, 5.41) is 3.48. The molecule has 3 nitrogen and oxygen atoms in total. The van der Waals surface area contributed by atoms with Crippen LogP contribution >= 0.6 is 11.3 Å². The standard InChI is InChI=1S/C15H19N3S/c1-2-5-15-13(4-1)6-9-18(15)8-3-7-16-10-14-11-17-12-19-14/h1-2,4-5,11-12,16H,3,6-10H2. The third kappa shape index (κ3) is 3.14. The third-order valence-corrected chi connectivity index (χ3v) is 4.33. The van der Waals surface area contributed by atoms with Crippen LogP contribution in [0.2, 0.25) is 0 Å². The quantitative estimate of drug-likeness (QED) is 0.820. The summed E-state index contributed by atoms with van der Waals surface area (Å²) in [4.78, 5) is 7.89. The van der Waals surface area contributed by atoms with E-state index in [1.165, 1.54) is 35.5 Å². The maximum Gasteiger partial charge on any atom is 0.0794 e. The Morgan fingerprint density at radius 1 is 1.32 bits per heavy atom. The van der Waals surface area contributed by atoms with Gasteiger partial charge in [-0.15, -0.1) is 11.3 Å². The van der Waals surface area contributed by atoms with Gasteiger partial charge in [0.05, 0.1) is 5.51 Å². The van der Waals surface area contributed by atoms with Crippen LogP contribution in [0.3, 0.4) is 0 Å². The molecule has 0 bridgehead atoms. The van der Waals surface area contributed by atoms with Gasteiger partial charge in [0.1, 0.15) is 0 Å². The van der Waals surface area contributed by atoms with Gasteiger partial charge in [0.2, 0.25) is 0 Å². The summed E-state index contributed by atoms with van der Waals surface area (Å²) in [5.41, 5.74) is 4.82. The van der Waals surface area contributed by atoms with Crippen LogP contribution in [0.25, 0.3) is 0 Å². The number of nitrogens with zero attached hydrogens (tertiary/aromatic N) is 2. The number of fused-ring (bicyclic) bond motifs is 1. The number of para-hydroxylation sites is 1. The van der Waals surface area contributed by atoms with Crippen LogP contribution in [0.5, 0.6) is 0 Å². The summed E-state index contributed by atoms with van der Waals surface area (Å²) in [6.45, 7) is 4.33. The molecule has 2 aromatic rings. The highest BCUT2D eigenvalue weighted by molar-refractivity contribution is 7.09. The molecule has 0 saturated carbocycles. The van der Waals surface area contributed by atoms with E-state index in [-0.39, 0.29) is 0 Å². The zero-order valence-electron chi connectivity index (χ0n) is 11.0. The van der Waals surface area contributed by atoms with Crippen molar-refractivity contribution in [2.75, 3.05) is 24.5 Å². The van der Waals surface area contributed by atoms with Gasteiger partial charge in [-0.1, -0.05) is 18.2 Å². The van der Waals surface area contributed by atoms with E-state index in [1.54, 1.807) is 11.3 Å². The molecule has 2 heterocycles. The molecule has 0 unspecified atom stereocenters. The molecule has 1 aromatic heterocycles. The number of hydrogen-bond donors (Lipinski definition) is 1. The van der Waals surface area contributed by atoms with E-state index in [0.717, 1.165) is 19.6 Å². The molecule has 0 saturated heterocycles. The topological polar surface area (TPSA) is 28.2 Å². The van der Waals surface area contributed by atoms with E-state index in [2.05, 4.69) is 39.5 Å². The van der Waals surface area contributed by atoms with Gasteiger partial charge in [-0.2, -0.15) is 0 Å². The Bertz CT molecular complexity index is 510. The molecule has 1 aliphatic heterocycles. The number of benzene rings is 1. The minimum absolute atomic E-state index is 0.946.